The summed E-state index contributed by atoms with van der Waals surface area (Å²) in [7, 11) is 1.58. The molecule has 8 nitrogen and oxygen atoms in total. The smallest absolute Gasteiger partial charge is 0.408 e. The Kier molecular flexibility index (Phi) is 12.6. The second-order valence-corrected chi connectivity index (χ2v) is 11.4. The topological polar surface area (TPSA) is 97.0 Å². The second-order valence-electron chi connectivity index (χ2n) is 10.4. The van der Waals surface area contributed by atoms with Crippen LogP contribution < -0.4 is 15.4 Å². The van der Waals surface area contributed by atoms with Crippen molar-refractivity contribution >= 4 is 35.4 Å². The van der Waals surface area contributed by atoms with Crippen molar-refractivity contribution in [2.24, 2.45) is 0 Å². The van der Waals surface area contributed by atoms with Crippen LogP contribution in [0.4, 0.5) is 10.5 Å². The number of carbonyl (C=O) groups is 3. The molecule has 3 amide bonds. The van der Waals surface area contributed by atoms with Gasteiger partial charge in [0.1, 0.15) is 23.4 Å². The van der Waals surface area contributed by atoms with Gasteiger partial charge in [0.15, 0.2) is 0 Å². The number of nitrogens with zero attached hydrogens (tertiary/aromatic N) is 1. The summed E-state index contributed by atoms with van der Waals surface area (Å²) < 4.78 is 10.7. The molecule has 0 aliphatic carbocycles. The molecule has 0 radical (unpaired) electrons. The van der Waals surface area contributed by atoms with Crippen LogP contribution in [0.5, 0.6) is 5.75 Å². The predicted molar refractivity (Wildman–Crippen MR) is 158 cm³/mol. The molecule has 0 fully saturated rings. The van der Waals surface area contributed by atoms with E-state index in [0.717, 1.165) is 12.0 Å². The summed E-state index contributed by atoms with van der Waals surface area (Å²) in [5, 5.41) is 5.75. The zero-order chi connectivity index (χ0) is 29.0. The summed E-state index contributed by atoms with van der Waals surface area (Å²) in [6.07, 6.45) is 3.22. The largest absolute Gasteiger partial charge is 0.497 e. The number of hydrogen-bond donors (Lipinski definition) is 2. The van der Waals surface area contributed by atoms with Crippen LogP contribution in [0, 0.1) is 6.92 Å². The van der Waals surface area contributed by atoms with Gasteiger partial charge in [0.25, 0.3) is 5.91 Å². The van der Waals surface area contributed by atoms with Crippen molar-refractivity contribution in [2.45, 2.75) is 71.6 Å². The molecule has 0 bridgehead atoms. The van der Waals surface area contributed by atoms with Crippen molar-refractivity contribution in [3.63, 3.8) is 0 Å². The minimum absolute atomic E-state index is 0.320. The molecule has 2 N–H and O–H groups in total. The Morgan fingerprint density at radius 3 is 2.33 bits per heavy atom. The van der Waals surface area contributed by atoms with Crippen molar-refractivity contribution in [3.05, 3.63) is 59.7 Å². The Labute approximate surface area is 237 Å². The van der Waals surface area contributed by atoms with E-state index >= 15 is 0 Å². The van der Waals surface area contributed by atoms with E-state index < -0.39 is 23.8 Å². The average molecular weight is 558 g/mol. The van der Waals surface area contributed by atoms with Gasteiger partial charge in [-0.2, -0.15) is 11.8 Å². The van der Waals surface area contributed by atoms with Crippen LogP contribution in [0.2, 0.25) is 0 Å². The quantitative estimate of drug-likeness (QED) is 0.316. The third kappa shape index (κ3) is 10.5. The molecule has 0 aliphatic rings. The molecule has 9 heteroatoms. The fourth-order valence-corrected chi connectivity index (χ4v) is 4.51. The summed E-state index contributed by atoms with van der Waals surface area (Å²) in [5.74, 6) is 0.671. The number of aryl methyl sites for hydroxylation is 1. The van der Waals surface area contributed by atoms with Gasteiger partial charge >= 0.3 is 6.09 Å². The molecule has 2 atom stereocenters. The molecule has 2 aromatic rings. The van der Waals surface area contributed by atoms with Crippen LogP contribution in [0.3, 0.4) is 0 Å². The van der Waals surface area contributed by atoms with Gasteiger partial charge < -0.3 is 25.0 Å². The van der Waals surface area contributed by atoms with Gasteiger partial charge in [-0.1, -0.05) is 43.2 Å². The highest BCUT2D eigenvalue weighted by Gasteiger charge is 2.36. The number of carbonyl (C=O) groups excluding carboxylic acids is 3. The molecule has 0 spiro atoms. The van der Waals surface area contributed by atoms with E-state index in [2.05, 4.69) is 10.6 Å². The number of hydrogen-bond acceptors (Lipinski definition) is 6. The van der Waals surface area contributed by atoms with Crippen molar-refractivity contribution in [1.82, 2.24) is 10.2 Å². The number of rotatable bonds is 13. The van der Waals surface area contributed by atoms with E-state index in [1.165, 1.54) is 0 Å². The summed E-state index contributed by atoms with van der Waals surface area (Å²) in [5.41, 5.74) is 1.56. The van der Waals surface area contributed by atoms with Crippen LogP contribution in [-0.4, -0.2) is 60.1 Å². The average Bonchev–Trinajstić information content (AvgIpc) is 2.87. The second kappa shape index (κ2) is 15.4. The molecule has 2 unspecified atom stereocenters. The van der Waals surface area contributed by atoms with Crippen molar-refractivity contribution in [3.8, 4) is 5.75 Å². The summed E-state index contributed by atoms with van der Waals surface area (Å²) in [4.78, 5) is 42.3. The Bertz CT molecular complexity index is 1080. The lowest BCUT2D eigenvalue weighted by atomic mass is 10.00. The Morgan fingerprint density at radius 1 is 1.08 bits per heavy atom. The molecule has 2 rings (SSSR count). The van der Waals surface area contributed by atoms with Crippen LogP contribution in [0.25, 0.3) is 0 Å². The van der Waals surface area contributed by atoms with Crippen LogP contribution in [-0.2, 0) is 14.3 Å². The first-order chi connectivity index (χ1) is 18.5. The van der Waals surface area contributed by atoms with Crippen LogP contribution in [0.1, 0.15) is 64.1 Å². The number of thioether (sulfide) groups is 1. The number of amides is 3. The highest BCUT2D eigenvalue weighted by Crippen LogP contribution is 2.27. The van der Waals surface area contributed by atoms with Gasteiger partial charge in [-0.15, -0.1) is 0 Å². The Balaban J connectivity index is 2.49. The van der Waals surface area contributed by atoms with Gasteiger partial charge in [-0.25, -0.2) is 4.79 Å². The number of benzene rings is 2. The lowest BCUT2D eigenvalue weighted by Crippen LogP contribution is -2.52. The Morgan fingerprint density at radius 2 is 1.77 bits per heavy atom. The van der Waals surface area contributed by atoms with E-state index in [-0.39, 0.29) is 11.8 Å². The van der Waals surface area contributed by atoms with Gasteiger partial charge in [0.2, 0.25) is 5.91 Å². The van der Waals surface area contributed by atoms with Gasteiger partial charge in [0, 0.05) is 12.2 Å². The third-order valence-corrected chi connectivity index (χ3v) is 6.55. The van der Waals surface area contributed by atoms with E-state index in [9.17, 15) is 14.4 Å². The van der Waals surface area contributed by atoms with Gasteiger partial charge in [-0.05, 0) is 82.4 Å². The molecule has 0 heterocycles. The van der Waals surface area contributed by atoms with E-state index in [1.807, 2.05) is 44.4 Å². The number of ether oxygens (including phenoxy) is 2. The summed E-state index contributed by atoms with van der Waals surface area (Å²) >= 11 is 1.58. The fourth-order valence-electron chi connectivity index (χ4n) is 4.04. The summed E-state index contributed by atoms with van der Waals surface area (Å²) in [6.45, 7) is 9.66. The maximum Gasteiger partial charge on any atom is 0.408 e. The zero-order valence-corrected chi connectivity index (χ0v) is 25.0. The summed E-state index contributed by atoms with van der Waals surface area (Å²) in [6, 6.07) is 12.9. The molecule has 39 heavy (non-hydrogen) atoms. The van der Waals surface area contributed by atoms with E-state index in [4.69, 9.17) is 9.47 Å². The number of nitrogens with one attached hydrogen (secondary N) is 2. The molecule has 0 aliphatic heterocycles. The first-order valence-corrected chi connectivity index (χ1v) is 14.7. The van der Waals surface area contributed by atoms with Gasteiger partial charge in [0.05, 0.1) is 7.11 Å². The first kappa shape index (κ1) is 32.0. The predicted octanol–water partition coefficient (Wildman–Crippen LogP) is 5.96. The highest BCUT2D eigenvalue weighted by atomic mass is 32.2. The molecular weight excluding hydrogens is 514 g/mol. The van der Waals surface area contributed by atoms with E-state index in [0.29, 0.717) is 42.1 Å². The van der Waals surface area contributed by atoms with Crippen molar-refractivity contribution < 1.29 is 23.9 Å². The highest BCUT2D eigenvalue weighted by molar-refractivity contribution is 7.98. The minimum atomic E-state index is -0.900. The van der Waals surface area contributed by atoms with Crippen LogP contribution in [0.15, 0.2) is 48.5 Å². The fraction of sp³-hybridized carbons (Fsp3) is 0.500. The minimum Gasteiger partial charge on any atom is -0.497 e. The number of unbranched alkanes of at least 4 members (excludes halogenated alkanes) is 1. The SMILES string of the molecule is CCCCN(C(=O)C(CCSC)NC(=O)OC(C)(C)C)C(C(=O)Nc1ccc(OC)cc1)c1cccc(C)c1. The van der Waals surface area contributed by atoms with Crippen molar-refractivity contribution in [2.75, 3.05) is 31.0 Å². The maximum absolute atomic E-state index is 14.1. The normalized spacial score (nSPS) is 12.7. The molecule has 0 aromatic heterocycles. The lowest BCUT2D eigenvalue weighted by molar-refractivity contribution is -0.141. The van der Waals surface area contributed by atoms with Gasteiger partial charge in [-0.3, -0.25) is 9.59 Å². The first-order valence-electron chi connectivity index (χ1n) is 13.3. The molecule has 214 valence electrons. The third-order valence-electron chi connectivity index (χ3n) is 5.91. The number of anilines is 1. The van der Waals surface area contributed by atoms with E-state index in [1.54, 1.807) is 68.8 Å². The standard InChI is InChI=1S/C30H43N3O5S/c1-8-9-18-33(28(35)25(17-19-39-7)32-29(36)38-30(3,4)5)26(22-12-10-11-21(2)20-22)27(34)31-23-13-15-24(37-6)16-14-23/h10-16,20,25-26H,8-9,17-19H2,1-7H3,(H,31,34)(H,32,36). The van der Waals surface area contributed by atoms with Crippen molar-refractivity contribution in [1.29, 1.82) is 0 Å². The lowest BCUT2D eigenvalue weighted by Gasteiger charge is -2.34. The maximum atomic E-state index is 14.1. The number of methoxy groups -OCH3 is 1. The Hall–Kier alpha value is -3.20. The molecule has 2 aromatic carbocycles. The molecular formula is C30H43N3O5S. The number of alkyl carbamates (subject to hydrolysis) is 1. The monoisotopic (exact) mass is 557 g/mol. The molecule has 0 saturated heterocycles. The molecule has 0 saturated carbocycles. The zero-order valence-electron chi connectivity index (χ0n) is 24.2. The van der Waals surface area contributed by atoms with Crippen LogP contribution >= 0.6 is 11.8 Å².